The molecule has 0 saturated heterocycles. The maximum atomic E-state index is 13.2. The molecule has 0 aromatic heterocycles. The summed E-state index contributed by atoms with van der Waals surface area (Å²) in [7, 11) is 0. The topological polar surface area (TPSA) is 26.3 Å². The van der Waals surface area contributed by atoms with Gasteiger partial charge in [0.05, 0.1) is 0 Å². The van der Waals surface area contributed by atoms with Crippen LogP contribution in [0, 0.1) is 12.7 Å². The molecule has 0 radical (unpaired) electrons. The quantitative estimate of drug-likeness (QED) is 0.796. The Balaban J connectivity index is 1.67. The molecule has 21 heavy (non-hydrogen) atoms. The Hall–Kier alpha value is -2.16. The molecule has 3 rings (SSSR count). The van der Waals surface area contributed by atoms with Gasteiger partial charge in [0.25, 0.3) is 0 Å². The summed E-state index contributed by atoms with van der Waals surface area (Å²) in [5, 5.41) is 0. The first-order valence-electron chi connectivity index (χ1n) is 7.17. The van der Waals surface area contributed by atoms with Crippen LogP contribution in [0.4, 0.5) is 4.39 Å². The van der Waals surface area contributed by atoms with Crippen LogP contribution in [0.3, 0.4) is 0 Å². The molecule has 2 aromatic carbocycles. The van der Waals surface area contributed by atoms with Gasteiger partial charge in [0.15, 0.2) is 12.4 Å². The van der Waals surface area contributed by atoms with Gasteiger partial charge in [0, 0.05) is 5.56 Å². The maximum absolute atomic E-state index is 13.2. The molecule has 2 aromatic rings. The van der Waals surface area contributed by atoms with Crippen molar-refractivity contribution in [1.29, 1.82) is 0 Å². The molecule has 1 aliphatic carbocycles. The third kappa shape index (κ3) is 2.97. The number of aryl methyl sites for hydroxylation is 3. The van der Waals surface area contributed by atoms with Gasteiger partial charge in [-0.05, 0) is 67.1 Å². The molecule has 0 N–H and O–H groups in total. The number of carbonyl (C=O) groups is 1. The molecule has 0 amide bonds. The van der Waals surface area contributed by atoms with Crippen molar-refractivity contribution < 1.29 is 13.9 Å². The number of hydrogen-bond donors (Lipinski definition) is 0. The first-order valence-corrected chi connectivity index (χ1v) is 7.17. The van der Waals surface area contributed by atoms with Crippen molar-refractivity contribution in [3.63, 3.8) is 0 Å². The van der Waals surface area contributed by atoms with Gasteiger partial charge in [-0.2, -0.15) is 0 Å². The average Bonchev–Trinajstić information content (AvgIpc) is 2.95. The van der Waals surface area contributed by atoms with Crippen LogP contribution in [0.2, 0.25) is 0 Å². The number of fused-ring (bicyclic) bond motifs is 1. The molecule has 0 bridgehead atoms. The number of hydrogen-bond acceptors (Lipinski definition) is 2. The molecule has 0 fully saturated rings. The summed E-state index contributed by atoms with van der Waals surface area (Å²) in [6, 6.07) is 10.4. The Bertz CT molecular complexity index is 692. The van der Waals surface area contributed by atoms with E-state index in [1.165, 1.54) is 29.7 Å². The van der Waals surface area contributed by atoms with Gasteiger partial charge < -0.3 is 4.74 Å². The van der Waals surface area contributed by atoms with E-state index in [-0.39, 0.29) is 18.2 Å². The van der Waals surface area contributed by atoms with E-state index in [1.54, 1.807) is 13.0 Å². The van der Waals surface area contributed by atoms with E-state index < -0.39 is 0 Å². The van der Waals surface area contributed by atoms with Crippen LogP contribution in [-0.4, -0.2) is 12.4 Å². The fourth-order valence-electron chi connectivity index (χ4n) is 2.68. The molecule has 3 heteroatoms. The van der Waals surface area contributed by atoms with E-state index in [9.17, 15) is 9.18 Å². The van der Waals surface area contributed by atoms with E-state index in [2.05, 4.69) is 0 Å². The van der Waals surface area contributed by atoms with Gasteiger partial charge in [0.1, 0.15) is 11.6 Å². The molecule has 108 valence electrons. The molecular formula is C18H17FO2. The van der Waals surface area contributed by atoms with Crippen molar-refractivity contribution in [3.05, 3.63) is 64.5 Å². The molecule has 0 unspecified atom stereocenters. The van der Waals surface area contributed by atoms with Crippen molar-refractivity contribution in [2.24, 2.45) is 0 Å². The van der Waals surface area contributed by atoms with Gasteiger partial charge in [0.2, 0.25) is 0 Å². The molecule has 0 atom stereocenters. The minimum absolute atomic E-state index is 0.0239. The first kappa shape index (κ1) is 13.8. The number of Topliss-reactive ketones (excluding diaryl/α,β-unsaturated/α-hetero) is 1. The molecule has 0 saturated carbocycles. The standard InChI is InChI=1S/C18H17FO2/c1-12-9-16(7-8-17(12)19)21-11-18(20)15-6-5-13-3-2-4-14(13)10-15/h5-10H,2-4,11H2,1H3. The minimum Gasteiger partial charge on any atom is -0.485 e. The normalized spacial score (nSPS) is 13.0. The second-order valence-corrected chi connectivity index (χ2v) is 5.46. The zero-order chi connectivity index (χ0) is 14.8. The fourth-order valence-corrected chi connectivity index (χ4v) is 2.68. The lowest BCUT2D eigenvalue weighted by Crippen LogP contribution is -2.12. The average molecular weight is 284 g/mol. The number of rotatable bonds is 4. The molecule has 0 spiro atoms. The van der Waals surface area contributed by atoms with Crippen LogP contribution in [-0.2, 0) is 12.8 Å². The summed E-state index contributed by atoms with van der Waals surface area (Å²) in [6.45, 7) is 1.65. The summed E-state index contributed by atoms with van der Waals surface area (Å²) in [6.07, 6.45) is 3.32. The Labute approximate surface area is 123 Å². The summed E-state index contributed by atoms with van der Waals surface area (Å²) >= 11 is 0. The summed E-state index contributed by atoms with van der Waals surface area (Å²) < 4.78 is 18.6. The van der Waals surface area contributed by atoms with Crippen molar-refractivity contribution in [3.8, 4) is 5.75 Å². The van der Waals surface area contributed by atoms with Crippen LogP contribution in [0.15, 0.2) is 36.4 Å². The maximum Gasteiger partial charge on any atom is 0.200 e. The highest BCUT2D eigenvalue weighted by atomic mass is 19.1. The monoisotopic (exact) mass is 284 g/mol. The van der Waals surface area contributed by atoms with Crippen molar-refractivity contribution in [2.75, 3.05) is 6.61 Å². The van der Waals surface area contributed by atoms with Crippen LogP contribution in [0.25, 0.3) is 0 Å². The van der Waals surface area contributed by atoms with Gasteiger partial charge in [-0.15, -0.1) is 0 Å². The highest BCUT2D eigenvalue weighted by Gasteiger charge is 2.14. The molecule has 1 aliphatic rings. The Morgan fingerprint density at radius 3 is 2.76 bits per heavy atom. The lowest BCUT2D eigenvalue weighted by Gasteiger charge is -2.08. The highest BCUT2D eigenvalue weighted by molar-refractivity contribution is 5.97. The number of ketones is 1. The number of halogens is 1. The Kier molecular flexibility index (Phi) is 3.74. The van der Waals surface area contributed by atoms with E-state index in [0.29, 0.717) is 16.9 Å². The number of benzene rings is 2. The van der Waals surface area contributed by atoms with E-state index >= 15 is 0 Å². The van der Waals surface area contributed by atoms with E-state index in [0.717, 1.165) is 12.8 Å². The van der Waals surface area contributed by atoms with Crippen LogP contribution in [0.1, 0.15) is 33.5 Å². The fraction of sp³-hybridized carbons (Fsp3) is 0.278. The molecular weight excluding hydrogens is 267 g/mol. The Morgan fingerprint density at radius 2 is 1.95 bits per heavy atom. The molecule has 2 nitrogen and oxygen atoms in total. The second-order valence-electron chi connectivity index (χ2n) is 5.46. The molecule has 0 aliphatic heterocycles. The van der Waals surface area contributed by atoms with E-state index in [1.807, 2.05) is 18.2 Å². The predicted molar refractivity (Wildman–Crippen MR) is 79.4 cm³/mol. The lowest BCUT2D eigenvalue weighted by atomic mass is 10.0. The third-order valence-corrected chi connectivity index (χ3v) is 3.92. The van der Waals surface area contributed by atoms with Crippen molar-refractivity contribution in [1.82, 2.24) is 0 Å². The zero-order valence-corrected chi connectivity index (χ0v) is 12.0. The SMILES string of the molecule is Cc1cc(OCC(=O)c2ccc3c(c2)CCC3)ccc1F. The largest absolute Gasteiger partial charge is 0.485 e. The van der Waals surface area contributed by atoms with Gasteiger partial charge in [-0.3, -0.25) is 4.79 Å². The second kappa shape index (κ2) is 5.68. The number of carbonyl (C=O) groups excluding carboxylic acids is 1. The van der Waals surface area contributed by atoms with Gasteiger partial charge >= 0.3 is 0 Å². The summed E-state index contributed by atoms with van der Waals surface area (Å²) in [5.41, 5.74) is 3.83. The van der Waals surface area contributed by atoms with Gasteiger partial charge in [-0.25, -0.2) is 4.39 Å². The van der Waals surface area contributed by atoms with Crippen LogP contribution in [0.5, 0.6) is 5.75 Å². The van der Waals surface area contributed by atoms with Crippen LogP contribution < -0.4 is 4.74 Å². The number of ether oxygens (including phenoxy) is 1. The van der Waals surface area contributed by atoms with Gasteiger partial charge in [-0.1, -0.05) is 12.1 Å². The first-order chi connectivity index (χ1) is 10.1. The summed E-state index contributed by atoms with van der Waals surface area (Å²) in [5.74, 6) is 0.197. The van der Waals surface area contributed by atoms with E-state index in [4.69, 9.17) is 4.74 Å². The Morgan fingerprint density at radius 1 is 1.14 bits per heavy atom. The summed E-state index contributed by atoms with van der Waals surface area (Å²) in [4.78, 5) is 12.2. The minimum atomic E-state index is -0.271. The predicted octanol–water partition coefficient (Wildman–Crippen LogP) is 3.88. The van der Waals surface area contributed by atoms with Crippen molar-refractivity contribution >= 4 is 5.78 Å². The van der Waals surface area contributed by atoms with Crippen molar-refractivity contribution in [2.45, 2.75) is 26.2 Å². The smallest absolute Gasteiger partial charge is 0.200 e. The van der Waals surface area contributed by atoms with Crippen LogP contribution >= 0.6 is 0 Å². The highest BCUT2D eigenvalue weighted by Crippen LogP contribution is 2.23. The zero-order valence-electron chi connectivity index (χ0n) is 12.0. The third-order valence-electron chi connectivity index (χ3n) is 3.92. The molecule has 0 heterocycles. The lowest BCUT2D eigenvalue weighted by molar-refractivity contribution is 0.0921.